The molecule has 0 atom stereocenters. The Morgan fingerprint density at radius 1 is 1.15 bits per heavy atom. The summed E-state index contributed by atoms with van der Waals surface area (Å²) in [6.07, 6.45) is 0. The summed E-state index contributed by atoms with van der Waals surface area (Å²) in [6.45, 7) is 0. The van der Waals surface area contributed by atoms with Crippen molar-refractivity contribution in [3.05, 3.63) is 62.4 Å². The Kier molecular flexibility index (Phi) is 4.64. The van der Waals surface area contributed by atoms with Crippen molar-refractivity contribution in [2.45, 2.75) is 0 Å². The Hall–Kier alpha value is -4.06. The molecule has 9 nitrogen and oxygen atoms in total. The number of pyridine rings is 1. The molecule has 0 amide bonds. The second kappa shape index (κ2) is 7.05. The summed E-state index contributed by atoms with van der Waals surface area (Å²) in [5.41, 5.74) is 0.284. The van der Waals surface area contributed by atoms with Crippen LogP contribution in [0.2, 0.25) is 0 Å². The average Bonchev–Trinajstić information content (AvgIpc) is 3.17. The van der Waals surface area contributed by atoms with Crippen LogP contribution in [0.1, 0.15) is 5.56 Å². The van der Waals surface area contributed by atoms with Crippen molar-refractivity contribution in [3.63, 3.8) is 0 Å². The van der Waals surface area contributed by atoms with E-state index in [2.05, 4.69) is 4.98 Å². The standard InChI is InChI=1S/C18H13N3O6/c1-25-15-4-3-10(7-16(15)26-2)13-8-11(12(9-19)18(22)20-13)14-5-6-17(27-14)21(23)24/h3-8H,1-2H3,(H,20,22). The highest BCUT2D eigenvalue weighted by Crippen LogP contribution is 2.34. The van der Waals surface area contributed by atoms with Crippen molar-refractivity contribution in [2.24, 2.45) is 0 Å². The lowest BCUT2D eigenvalue weighted by molar-refractivity contribution is -0.401. The first-order valence-electron chi connectivity index (χ1n) is 7.63. The number of furan rings is 1. The Bertz CT molecular complexity index is 1120. The molecule has 0 fully saturated rings. The second-order valence-corrected chi connectivity index (χ2v) is 5.38. The molecule has 0 aliphatic heterocycles. The number of nitro groups is 1. The quantitative estimate of drug-likeness (QED) is 0.541. The van der Waals surface area contributed by atoms with Crippen LogP contribution in [0.5, 0.6) is 11.5 Å². The number of benzene rings is 1. The summed E-state index contributed by atoms with van der Waals surface area (Å²) >= 11 is 0. The van der Waals surface area contributed by atoms with Gasteiger partial charge in [0.2, 0.25) is 0 Å². The van der Waals surface area contributed by atoms with Crippen molar-refractivity contribution in [3.8, 4) is 40.1 Å². The fraction of sp³-hybridized carbons (Fsp3) is 0.111. The van der Waals surface area contributed by atoms with Crippen LogP contribution in [-0.2, 0) is 0 Å². The van der Waals surface area contributed by atoms with E-state index in [4.69, 9.17) is 13.9 Å². The highest BCUT2D eigenvalue weighted by molar-refractivity contribution is 5.74. The SMILES string of the molecule is COc1ccc(-c2cc(-c3ccc([N+](=O)[O-])o3)c(C#N)c(=O)[nH]2)cc1OC. The number of ether oxygens (including phenoxy) is 2. The second-order valence-electron chi connectivity index (χ2n) is 5.38. The summed E-state index contributed by atoms with van der Waals surface area (Å²) in [7, 11) is 2.99. The molecule has 0 spiro atoms. The molecule has 9 heteroatoms. The molecule has 0 unspecified atom stereocenters. The van der Waals surface area contributed by atoms with Crippen LogP contribution in [0, 0.1) is 21.4 Å². The highest BCUT2D eigenvalue weighted by atomic mass is 16.6. The maximum absolute atomic E-state index is 12.3. The first kappa shape index (κ1) is 17.8. The third-order valence-corrected chi connectivity index (χ3v) is 3.88. The zero-order valence-electron chi connectivity index (χ0n) is 14.3. The number of nitriles is 1. The smallest absolute Gasteiger partial charge is 0.433 e. The number of hydrogen-bond acceptors (Lipinski definition) is 7. The molecule has 2 aromatic heterocycles. The van der Waals surface area contributed by atoms with E-state index < -0.39 is 16.4 Å². The number of hydrogen-bond donors (Lipinski definition) is 1. The van der Waals surface area contributed by atoms with Gasteiger partial charge < -0.3 is 18.9 Å². The summed E-state index contributed by atoms with van der Waals surface area (Å²) < 4.78 is 15.6. The monoisotopic (exact) mass is 367 g/mol. The van der Waals surface area contributed by atoms with Crippen LogP contribution >= 0.6 is 0 Å². The minimum atomic E-state index is -0.696. The molecule has 27 heavy (non-hydrogen) atoms. The number of nitrogens with zero attached hydrogens (tertiary/aromatic N) is 2. The predicted molar refractivity (Wildman–Crippen MR) is 94.7 cm³/mol. The fourth-order valence-corrected chi connectivity index (χ4v) is 2.59. The van der Waals surface area contributed by atoms with Gasteiger partial charge in [0.1, 0.15) is 22.3 Å². The van der Waals surface area contributed by atoms with Crippen molar-refractivity contribution in [1.29, 1.82) is 5.26 Å². The van der Waals surface area contributed by atoms with Crippen molar-refractivity contribution >= 4 is 5.88 Å². The van der Waals surface area contributed by atoms with E-state index in [1.54, 1.807) is 24.3 Å². The molecule has 1 N–H and O–H groups in total. The lowest BCUT2D eigenvalue weighted by Gasteiger charge is -2.10. The average molecular weight is 367 g/mol. The van der Waals surface area contributed by atoms with Gasteiger partial charge in [0.25, 0.3) is 5.56 Å². The molecule has 2 heterocycles. The number of aromatic nitrogens is 1. The van der Waals surface area contributed by atoms with Crippen LogP contribution in [0.3, 0.4) is 0 Å². The van der Waals surface area contributed by atoms with E-state index in [-0.39, 0.29) is 16.9 Å². The van der Waals surface area contributed by atoms with Gasteiger partial charge in [-0.05, 0) is 30.3 Å². The van der Waals surface area contributed by atoms with Gasteiger partial charge in [-0.3, -0.25) is 14.9 Å². The largest absolute Gasteiger partial charge is 0.493 e. The van der Waals surface area contributed by atoms with Crippen LogP contribution in [0.25, 0.3) is 22.6 Å². The van der Waals surface area contributed by atoms with Gasteiger partial charge in [0, 0.05) is 16.8 Å². The van der Waals surface area contributed by atoms with Crippen molar-refractivity contribution in [1.82, 2.24) is 4.98 Å². The molecule has 3 aromatic rings. The fourth-order valence-electron chi connectivity index (χ4n) is 2.59. The number of methoxy groups -OCH3 is 2. The van der Waals surface area contributed by atoms with Gasteiger partial charge in [-0.15, -0.1) is 0 Å². The van der Waals surface area contributed by atoms with E-state index in [9.17, 15) is 20.2 Å². The molecular weight excluding hydrogens is 354 g/mol. The minimum Gasteiger partial charge on any atom is -0.493 e. The van der Waals surface area contributed by atoms with E-state index in [0.717, 1.165) is 6.07 Å². The van der Waals surface area contributed by atoms with E-state index >= 15 is 0 Å². The minimum absolute atomic E-state index is 0.0473. The molecule has 0 bridgehead atoms. The Morgan fingerprint density at radius 3 is 2.48 bits per heavy atom. The number of nitrogens with one attached hydrogen (secondary N) is 1. The molecule has 0 saturated heterocycles. The first-order valence-corrected chi connectivity index (χ1v) is 7.63. The molecule has 0 aliphatic carbocycles. The number of H-pyrrole nitrogens is 1. The lowest BCUT2D eigenvalue weighted by atomic mass is 10.0. The maximum Gasteiger partial charge on any atom is 0.433 e. The normalized spacial score (nSPS) is 10.3. The molecule has 0 aliphatic rings. The van der Waals surface area contributed by atoms with Crippen LogP contribution < -0.4 is 15.0 Å². The maximum atomic E-state index is 12.3. The lowest BCUT2D eigenvalue weighted by Crippen LogP contribution is -2.12. The summed E-state index contributed by atoms with van der Waals surface area (Å²) in [6, 6.07) is 10.8. The molecule has 136 valence electrons. The van der Waals surface area contributed by atoms with Crippen molar-refractivity contribution < 1.29 is 18.8 Å². The van der Waals surface area contributed by atoms with Gasteiger partial charge in [0.15, 0.2) is 11.5 Å². The zero-order chi connectivity index (χ0) is 19.6. The number of aromatic amines is 1. The summed E-state index contributed by atoms with van der Waals surface area (Å²) in [5.74, 6) is 0.530. The molecule has 0 radical (unpaired) electrons. The van der Waals surface area contributed by atoms with Crippen LogP contribution in [-0.4, -0.2) is 24.1 Å². The first-order chi connectivity index (χ1) is 13.0. The zero-order valence-corrected chi connectivity index (χ0v) is 14.3. The summed E-state index contributed by atoms with van der Waals surface area (Å²) in [5, 5.41) is 20.1. The highest BCUT2D eigenvalue weighted by Gasteiger charge is 2.19. The third-order valence-electron chi connectivity index (χ3n) is 3.88. The summed E-state index contributed by atoms with van der Waals surface area (Å²) in [4.78, 5) is 25.1. The molecular formula is C18H13N3O6. The van der Waals surface area contributed by atoms with Crippen LogP contribution in [0.15, 0.2) is 45.6 Å². The van der Waals surface area contributed by atoms with E-state index in [1.165, 1.54) is 26.4 Å². The van der Waals surface area contributed by atoms with Crippen molar-refractivity contribution in [2.75, 3.05) is 14.2 Å². The molecule has 3 rings (SSSR count). The topological polar surface area (TPSA) is 131 Å². The van der Waals surface area contributed by atoms with E-state index in [1.807, 2.05) is 0 Å². The number of rotatable bonds is 5. The van der Waals surface area contributed by atoms with Gasteiger partial charge in [-0.1, -0.05) is 0 Å². The third kappa shape index (κ3) is 3.23. The Morgan fingerprint density at radius 2 is 1.89 bits per heavy atom. The molecule has 1 aromatic carbocycles. The van der Waals surface area contributed by atoms with Gasteiger partial charge in [-0.2, -0.15) is 5.26 Å². The van der Waals surface area contributed by atoms with Gasteiger partial charge in [-0.25, -0.2) is 0 Å². The Balaban J connectivity index is 2.19. The Labute approximate surface area is 152 Å². The van der Waals surface area contributed by atoms with E-state index in [0.29, 0.717) is 22.8 Å². The molecule has 0 saturated carbocycles. The van der Waals surface area contributed by atoms with Gasteiger partial charge >= 0.3 is 5.88 Å². The van der Waals surface area contributed by atoms with Gasteiger partial charge in [0.05, 0.1) is 20.3 Å². The van der Waals surface area contributed by atoms with Crippen LogP contribution in [0.4, 0.5) is 5.88 Å². The predicted octanol–water partition coefficient (Wildman–Crippen LogP) is 3.10.